The van der Waals surface area contributed by atoms with Gasteiger partial charge in [0.2, 0.25) is 0 Å². The zero-order valence-electron chi connectivity index (χ0n) is 10.1. The quantitative estimate of drug-likeness (QED) is 0.873. The van der Waals surface area contributed by atoms with Gasteiger partial charge in [-0.1, -0.05) is 11.4 Å². The number of hydrogen-bond acceptors (Lipinski definition) is 5. The van der Waals surface area contributed by atoms with E-state index in [1.54, 1.807) is 0 Å². The summed E-state index contributed by atoms with van der Waals surface area (Å²) in [6, 6.07) is 0.0326. The Morgan fingerprint density at radius 3 is 3.00 bits per heavy atom. The molecule has 2 aromatic heterocycles. The van der Waals surface area contributed by atoms with Gasteiger partial charge in [-0.2, -0.15) is 5.10 Å². The van der Waals surface area contributed by atoms with E-state index in [2.05, 4.69) is 21.6 Å². The van der Waals surface area contributed by atoms with Gasteiger partial charge in [-0.05, 0) is 36.4 Å². The van der Waals surface area contributed by atoms with Crippen LogP contribution in [0.4, 0.5) is 0 Å². The van der Waals surface area contributed by atoms with Gasteiger partial charge < -0.3 is 5.73 Å². The van der Waals surface area contributed by atoms with Gasteiger partial charge in [0.25, 0.3) is 0 Å². The first kappa shape index (κ1) is 12.2. The van der Waals surface area contributed by atoms with Crippen molar-refractivity contribution in [2.75, 3.05) is 0 Å². The van der Waals surface area contributed by atoms with Crippen LogP contribution in [0, 0.1) is 0 Å². The molecule has 0 amide bonds. The molecule has 0 aromatic carbocycles. The highest BCUT2D eigenvalue weighted by Gasteiger charge is 2.14. The number of hydrogen-bond donors (Lipinski definition) is 1. The molecule has 2 heterocycles. The molecular formula is C11H17N5S. The third kappa shape index (κ3) is 2.89. The summed E-state index contributed by atoms with van der Waals surface area (Å²) >= 11 is 1.42. The lowest BCUT2D eigenvalue weighted by atomic mass is 10.1. The van der Waals surface area contributed by atoms with Crippen molar-refractivity contribution in [1.82, 2.24) is 19.4 Å². The smallest absolute Gasteiger partial charge is 0.0800 e. The van der Waals surface area contributed by atoms with Crippen LogP contribution in [0.2, 0.25) is 0 Å². The monoisotopic (exact) mass is 251 g/mol. The summed E-state index contributed by atoms with van der Waals surface area (Å²) in [4.78, 5) is 1.12. The molecule has 0 saturated heterocycles. The molecule has 0 aliphatic carbocycles. The van der Waals surface area contributed by atoms with Gasteiger partial charge >= 0.3 is 0 Å². The minimum atomic E-state index is 0.0326. The molecule has 1 atom stereocenters. The van der Waals surface area contributed by atoms with E-state index >= 15 is 0 Å². The second kappa shape index (κ2) is 5.37. The molecular weight excluding hydrogens is 234 g/mol. The topological polar surface area (TPSA) is 69.6 Å². The lowest BCUT2D eigenvalue weighted by molar-refractivity contribution is 0.653. The minimum absolute atomic E-state index is 0.0326. The molecule has 17 heavy (non-hydrogen) atoms. The summed E-state index contributed by atoms with van der Waals surface area (Å²) in [5.74, 6) is 0. The Morgan fingerprint density at radius 1 is 1.53 bits per heavy atom. The van der Waals surface area contributed by atoms with E-state index in [9.17, 15) is 0 Å². The van der Waals surface area contributed by atoms with Crippen molar-refractivity contribution in [2.24, 2.45) is 12.8 Å². The number of nitrogens with zero attached hydrogens (tertiary/aromatic N) is 4. The van der Waals surface area contributed by atoms with Crippen LogP contribution < -0.4 is 5.73 Å². The summed E-state index contributed by atoms with van der Waals surface area (Å²) in [5.41, 5.74) is 8.43. The molecule has 6 heteroatoms. The van der Waals surface area contributed by atoms with Gasteiger partial charge in [-0.3, -0.25) is 4.68 Å². The third-order valence-electron chi connectivity index (χ3n) is 2.76. The lowest BCUT2D eigenvalue weighted by Gasteiger charge is -2.08. The lowest BCUT2D eigenvalue weighted by Crippen LogP contribution is -2.11. The standard InChI is InChI=1S/C11H17N5S/c1-3-10-11(17-15-14-10)9(12)5-4-8-6-13-16(2)7-8/h6-7,9H,3-5,12H2,1-2H3. The first-order valence-electron chi connectivity index (χ1n) is 5.75. The van der Waals surface area contributed by atoms with E-state index in [0.717, 1.165) is 29.8 Å². The molecule has 1 unspecified atom stereocenters. The molecule has 0 radical (unpaired) electrons. The molecule has 2 N–H and O–H groups in total. The van der Waals surface area contributed by atoms with E-state index < -0.39 is 0 Å². The van der Waals surface area contributed by atoms with Crippen LogP contribution in [0.3, 0.4) is 0 Å². The third-order valence-corrected chi connectivity index (χ3v) is 3.66. The normalized spacial score (nSPS) is 12.9. The maximum Gasteiger partial charge on any atom is 0.0800 e. The van der Waals surface area contributed by atoms with E-state index in [1.807, 2.05) is 24.1 Å². The van der Waals surface area contributed by atoms with Crippen LogP contribution in [0.15, 0.2) is 12.4 Å². The molecule has 0 aliphatic rings. The molecule has 92 valence electrons. The van der Waals surface area contributed by atoms with Gasteiger partial charge in [-0.25, -0.2) is 0 Å². The van der Waals surface area contributed by atoms with Gasteiger partial charge in [0.05, 0.1) is 16.8 Å². The molecule has 5 nitrogen and oxygen atoms in total. The van der Waals surface area contributed by atoms with Crippen LogP contribution in [0.1, 0.15) is 35.5 Å². The zero-order valence-corrected chi connectivity index (χ0v) is 10.9. The highest BCUT2D eigenvalue weighted by atomic mass is 32.1. The Bertz CT molecular complexity index is 476. The second-order valence-corrected chi connectivity index (χ2v) is 4.89. The molecule has 0 saturated carbocycles. The minimum Gasteiger partial charge on any atom is -0.323 e. The number of aryl methyl sites for hydroxylation is 3. The summed E-state index contributed by atoms with van der Waals surface area (Å²) in [6.45, 7) is 2.08. The van der Waals surface area contributed by atoms with Crippen LogP contribution >= 0.6 is 11.5 Å². The van der Waals surface area contributed by atoms with Gasteiger partial charge in [0, 0.05) is 19.3 Å². The van der Waals surface area contributed by atoms with Crippen LogP contribution in [0.25, 0.3) is 0 Å². The summed E-state index contributed by atoms with van der Waals surface area (Å²) in [5, 5.41) is 8.23. The average Bonchev–Trinajstić information content (AvgIpc) is 2.94. The first-order valence-corrected chi connectivity index (χ1v) is 6.52. The van der Waals surface area contributed by atoms with Crippen molar-refractivity contribution in [1.29, 1.82) is 0 Å². The maximum atomic E-state index is 6.17. The molecule has 0 aliphatic heterocycles. The summed E-state index contributed by atoms with van der Waals surface area (Å²) in [6.07, 6.45) is 6.65. The molecule has 2 rings (SSSR count). The predicted molar refractivity (Wildman–Crippen MR) is 67.7 cm³/mol. The highest BCUT2D eigenvalue weighted by Crippen LogP contribution is 2.22. The van der Waals surface area contributed by atoms with Crippen molar-refractivity contribution in [3.8, 4) is 0 Å². The fourth-order valence-electron chi connectivity index (χ4n) is 1.80. The summed E-state index contributed by atoms with van der Waals surface area (Å²) in [7, 11) is 1.92. The van der Waals surface area contributed by atoms with Gasteiger partial charge in [-0.15, -0.1) is 5.10 Å². The predicted octanol–water partition coefficient (Wildman–Crippen LogP) is 1.47. The van der Waals surface area contributed by atoms with Gasteiger partial charge in [0.15, 0.2) is 0 Å². The Balaban J connectivity index is 1.95. The van der Waals surface area contributed by atoms with Crippen molar-refractivity contribution in [2.45, 2.75) is 32.2 Å². The Hall–Kier alpha value is -1.27. The molecule has 0 fully saturated rings. The van der Waals surface area contributed by atoms with Crippen molar-refractivity contribution < 1.29 is 0 Å². The zero-order chi connectivity index (χ0) is 12.3. The van der Waals surface area contributed by atoms with E-state index in [4.69, 9.17) is 5.73 Å². The van der Waals surface area contributed by atoms with Crippen LogP contribution in [-0.4, -0.2) is 19.4 Å². The maximum absolute atomic E-state index is 6.17. The largest absolute Gasteiger partial charge is 0.323 e. The fraction of sp³-hybridized carbons (Fsp3) is 0.545. The van der Waals surface area contributed by atoms with Crippen molar-refractivity contribution in [3.63, 3.8) is 0 Å². The van der Waals surface area contributed by atoms with Crippen molar-refractivity contribution in [3.05, 3.63) is 28.5 Å². The fourth-order valence-corrected chi connectivity index (χ4v) is 2.57. The van der Waals surface area contributed by atoms with E-state index in [-0.39, 0.29) is 6.04 Å². The van der Waals surface area contributed by atoms with E-state index in [0.29, 0.717) is 0 Å². The average molecular weight is 251 g/mol. The van der Waals surface area contributed by atoms with Crippen LogP contribution in [0.5, 0.6) is 0 Å². The van der Waals surface area contributed by atoms with Crippen molar-refractivity contribution >= 4 is 11.5 Å². The highest BCUT2D eigenvalue weighted by molar-refractivity contribution is 7.05. The Kier molecular flexibility index (Phi) is 3.86. The second-order valence-electron chi connectivity index (χ2n) is 4.10. The SMILES string of the molecule is CCc1nnsc1C(N)CCc1cnn(C)c1. The molecule has 0 bridgehead atoms. The Labute approximate surface area is 105 Å². The van der Waals surface area contributed by atoms with E-state index in [1.165, 1.54) is 17.1 Å². The first-order chi connectivity index (χ1) is 8.20. The van der Waals surface area contributed by atoms with Gasteiger partial charge in [0.1, 0.15) is 0 Å². The molecule has 2 aromatic rings. The number of nitrogens with two attached hydrogens (primary N) is 1. The van der Waals surface area contributed by atoms with Crippen LogP contribution in [-0.2, 0) is 19.9 Å². The number of aromatic nitrogens is 4. The summed E-state index contributed by atoms with van der Waals surface area (Å²) < 4.78 is 5.78. The Morgan fingerprint density at radius 2 is 2.35 bits per heavy atom. The molecule has 0 spiro atoms. The number of rotatable bonds is 5.